The first kappa shape index (κ1) is 31.5. The molecule has 2 aliphatic rings. The standard InChI is InChI=1S/C28H27F9N2O3/c1-3-9-42-25(41)39-21-6-4-5-20(28(35,36)37)24(21)23(13-22(39)17-7-8-17)38(15(2)40)14-16-10-18(26(29,30)31)12-19(11-16)27(32,33)34/h4-6,10-12,17,22-23H,3,7-9,13-14H2,1-2H3/t22-,23-/m0/s1. The van der Waals surface area contributed by atoms with Crippen LogP contribution in [-0.2, 0) is 34.6 Å². The molecule has 0 N–H and O–H groups in total. The average Bonchev–Trinajstić information content (AvgIpc) is 3.73. The molecule has 2 aromatic rings. The zero-order chi connectivity index (χ0) is 31.2. The Labute approximate surface area is 235 Å². The Morgan fingerprint density at radius 3 is 2.00 bits per heavy atom. The summed E-state index contributed by atoms with van der Waals surface area (Å²) >= 11 is 0. The van der Waals surface area contributed by atoms with Gasteiger partial charge in [0.2, 0.25) is 5.91 Å². The number of anilines is 1. The highest BCUT2D eigenvalue weighted by molar-refractivity contribution is 5.91. The van der Waals surface area contributed by atoms with Crippen LogP contribution >= 0.6 is 0 Å². The first-order chi connectivity index (χ1) is 19.4. The fraction of sp³-hybridized carbons (Fsp3) is 0.500. The van der Waals surface area contributed by atoms with E-state index >= 15 is 0 Å². The second kappa shape index (κ2) is 11.3. The molecule has 2 aromatic carbocycles. The second-order valence-electron chi connectivity index (χ2n) is 10.4. The summed E-state index contributed by atoms with van der Waals surface area (Å²) in [5.74, 6) is -1.02. The molecule has 0 aromatic heterocycles. The number of amides is 2. The van der Waals surface area contributed by atoms with Crippen molar-refractivity contribution >= 4 is 17.7 Å². The van der Waals surface area contributed by atoms with Crippen LogP contribution in [0.4, 0.5) is 50.0 Å². The summed E-state index contributed by atoms with van der Waals surface area (Å²) in [6.45, 7) is 1.87. The van der Waals surface area contributed by atoms with Crippen molar-refractivity contribution in [1.82, 2.24) is 4.90 Å². The number of carbonyl (C=O) groups excluding carboxylic acids is 2. The third kappa shape index (κ3) is 6.62. The molecule has 0 radical (unpaired) electrons. The van der Waals surface area contributed by atoms with Crippen LogP contribution in [0.15, 0.2) is 36.4 Å². The van der Waals surface area contributed by atoms with E-state index in [9.17, 15) is 49.1 Å². The molecular formula is C28H27F9N2O3. The van der Waals surface area contributed by atoms with Crippen molar-refractivity contribution in [2.24, 2.45) is 5.92 Å². The van der Waals surface area contributed by atoms with Crippen LogP contribution in [0, 0.1) is 5.92 Å². The van der Waals surface area contributed by atoms with Gasteiger partial charge in [0.1, 0.15) is 0 Å². The highest BCUT2D eigenvalue weighted by Crippen LogP contribution is 2.52. The molecule has 230 valence electrons. The first-order valence-electron chi connectivity index (χ1n) is 13.1. The zero-order valence-corrected chi connectivity index (χ0v) is 22.5. The van der Waals surface area contributed by atoms with E-state index in [1.165, 1.54) is 6.07 Å². The van der Waals surface area contributed by atoms with E-state index in [4.69, 9.17) is 4.74 Å². The molecule has 4 rings (SSSR count). The number of nitrogens with zero attached hydrogens (tertiary/aromatic N) is 2. The Morgan fingerprint density at radius 1 is 0.929 bits per heavy atom. The number of alkyl halides is 9. The third-order valence-electron chi connectivity index (χ3n) is 7.35. The Kier molecular flexibility index (Phi) is 8.49. The van der Waals surface area contributed by atoms with Gasteiger partial charge in [-0.1, -0.05) is 13.0 Å². The van der Waals surface area contributed by atoms with Crippen molar-refractivity contribution in [3.05, 3.63) is 64.2 Å². The summed E-state index contributed by atoms with van der Waals surface area (Å²) in [7, 11) is 0. The summed E-state index contributed by atoms with van der Waals surface area (Å²) in [6, 6.07) is 1.79. The topological polar surface area (TPSA) is 49.9 Å². The quantitative estimate of drug-likeness (QED) is 0.309. The van der Waals surface area contributed by atoms with Crippen molar-refractivity contribution in [2.75, 3.05) is 11.5 Å². The van der Waals surface area contributed by atoms with Crippen molar-refractivity contribution in [3.8, 4) is 0 Å². The summed E-state index contributed by atoms with van der Waals surface area (Å²) in [6.07, 6.45) is -14.7. The molecule has 1 fully saturated rings. The highest BCUT2D eigenvalue weighted by Gasteiger charge is 2.49. The molecule has 1 heterocycles. The van der Waals surface area contributed by atoms with Crippen LogP contribution in [0.2, 0.25) is 0 Å². The molecule has 0 spiro atoms. The van der Waals surface area contributed by atoms with E-state index in [2.05, 4.69) is 0 Å². The predicted molar refractivity (Wildman–Crippen MR) is 132 cm³/mol. The van der Waals surface area contributed by atoms with Gasteiger partial charge in [0, 0.05) is 25.1 Å². The summed E-state index contributed by atoms with van der Waals surface area (Å²) in [4.78, 5) is 28.0. The fourth-order valence-corrected chi connectivity index (χ4v) is 5.40. The van der Waals surface area contributed by atoms with Gasteiger partial charge in [0.05, 0.1) is 35.0 Å². The number of hydrogen-bond donors (Lipinski definition) is 0. The molecule has 0 unspecified atom stereocenters. The lowest BCUT2D eigenvalue weighted by atomic mass is 9.84. The van der Waals surface area contributed by atoms with Crippen LogP contribution in [0.3, 0.4) is 0 Å². The van der Waals surface area contributed by atoms with E-state index in [0.717, 1.165) is 28.9 Å². The van der Waals surface area contributed by atoms with Crippen LogP contribution in [0.25, 0.3) is 0 Å². The van der Waals surface area contributed by atoms with Crippen LogP contribution in [0.5, 0.6) is 0 Å². The molecule has 14 heteroatoms. The molecule has 42 heavy (non-hydrogen) atoms. The van der Waals surface area contributed by atoms with Gasteiger partial charge in [-0.3, -0.25) is 9.69 Å². The monoisotopic (exact) mass is 610 g/mol. The third-order valence-corrected chi connectivity index (χ3v) is 7.35. The summed E-state index contributed by atoms with van der Waals surface area (Å²) in [5.41, 5.74) is -5.63. The summed E-state index contributed by atoms with van der Waals surface area (Å²) < 4.78 is 129. The maximum absolute atomic E-state index is 14.3. The van der Waals surface area contributed by atoms with Crippen molar-refractivity contribution in [3.63, 3.8) is 0 Å². The number of halogens is 9. The Bertz CT molecular complexity index is 1300. The van der Waals surface area contributed by atoms with Gasteiger partial charge in [-0.25, -0.2) is 4.79 Å². The molecular weight excluding hydrogens is 583 g/mol. The highest BCUT2D eigenvalue weighted by atomic mass is 19.4. The van der Waals surface area contributed by atoms with E-state index in [1.54, 1.807) is 6.92 Å². The van der Waals surface area contributed by atoms with E-state index in [0.29, 0.717) is 31.4 Å². The molecule has 2 atom stereocenters. The minimum atomic E-state index is -5.16. The first-order valence-corrected chi connectivity index (χ1v) is 13.1. The van der Waals surface area contributed by atoms with Gasteiger partial charge in [-0.05, 0) is 67.5 Å². The maximum atomic E-state index is 14.3. The lowest BCUT2D eigenvalue weighted by Crippen LogP contribution is -2.50. The number of benzene rings is 2. The molecule has 1 saturated carbocycles. The SMILES string of the molecule is CCCOC(=O)N1c2cccc(C(F)(F)F)c2[C@@H](N(Cc2cc(C(F)(F)F)cc(C(F)(F)F)c2)C(C)=O)C[C@H]1C1CC1. The van der Waals surface area contributed by atoms with Gasteiger partial charge in [-0.2, -0.15) is 39.5 Å². The van der Waals surface area contributed by atoms with E-state index < -0.39 is 77.0 Å². The number of rotatable bonds is 6. The number of ether oxygens (including phenoxy) is 1. The van der Waals surface area contributed by atoms with Crippen LogP contribution < -0.4 is 4.90 Å². The van der Waals surface area contributed by atoms with Gasteiger partial charge in [0.25, 0.3) is 0 Å². The molecule has 0 saturated heterocycles. The lowest BCUT2D eigenvalue weighted by molar-refractivity contribution is -0.143. The minimum absolute atomic E-state index is 0.00109. The molecule has 5 nitrogen and oxygen atoms in total. The Balaban J connectivity index is 1.88. The van der Waals surface area contributed by atoms with E-state index in [1.807, 2.05) is 0 Å². The Morgan fingerprint density at radius 2 is 1.52 bits per heavy atom. The second-order valence-corrected chi connectivity index (χ2v) is 10.4. The summed E-state index contributed by atoms with van der Waals surface area (Å²) in [5, 5.41) is 0. The van der Waals surface area contributed by atoms with E-state index in [-0.39, 0.29) is 30.7 Å². The Hall–Kier alpha value is -3.45. The number of fused-ring (bicyclic) bond motifs is 1. The normalized spacial score (nSPS) is 19.4. The van der Waals surface area contributed by atoms with Crippen molar-refractivity contribution < 1.29 is 53.8 Å². The van der Waals surface area contributed by atoms with Crippen LogP contribution in [-0.4, -0.2) is 29.5 Å². The molecule has 1 aliphatic heterocycles. The van der Waals surface area contributed by atoms with Gasteiger partial charge in [-0.15, -0.1) is 0 Å². The largest absolute Gasteiger partial charge is 0.449 e. The van der Waals surface area contributed by atoms with Crippen molar-refractivity contribution in [2.45, 2.75) is 76.7 Å². The van der Waals surface area contributed by atoms with Gasteiger partial charge < -0.3 is 9.64 Å². The average molecular weight is 611 g/mol. The smallest absolute Gasteiger partial charge is 0.416 e. The molecule has 1 aliphatic carbocycles. The van der Waals surface area contributed by atoms with Crippen LogP contribution in [0.1, 0.15) is 73.4 Å². The zero-order valence-electron chi connectivity index (χ0n) is 22.5. The fourth-order valence-electron chi connectivity index (χ4n) is 5.40. The minimum Gasteiger partial charge on any atom is -0.449 e. The van der Waals surface area contributed by atoms with Gasteiger partial charge in [0.15, 0.2) is 0 Å². The van der Waals surface area contributed by atoms with Crippen molar-refractivity contribution in [1.29, 1.82) is 0 Å². The maximum Gasteiger partial charge on any atom is 0.416 e. The molecule has 0 bridgehead atoms. The van der Waals surface area contributed by atoms with Gasteiger partial charge >= 0.3 is 24.6 Å². The predicted octanol–water partition coefficient (Wildman–Crippen LogP) is 8.37. The number of hydrogen-bond acceptors (Lipinski definition) is 3. The lowest BCUT2D eigenvalue weighted by Gasteiger charge is -2.45. The molecule has 2 amide bonds. The number of carbonyl (C=O) groups is 2.